The van der Waals surface area contributed by atoms with Crippen LogP contribution in [0, 0.1) is 11.6 Å². The number of nitrogens with zero attached hydrogens (tertiary/aromatic N) is 7. The van der Waals surface area contributed by atoms with E-state index in [-0.39, 0.29) is 37.3 Å². The molecule has 11 nitrogen and oxygen atoms in total. The predicted octanol–water partition coefficient (Wildman–Crippen LogP) is 2.42. The first-order chi connectivity index (χ1) is 20.0. The van der Waals surface area contributed by atoms with Gasteiger partial charge < -0.3 is 24.4 Å². The van der Waals surface area contributed by atoms with E-state index in [9.17, 15) is 13.6 Å². The summed E-state index contributed by atoms with van der Waals surface area (Å²) >= 11 is 0. The van der Waals surface area contributed by atoms with Gasteiger partial charge >= 0.3 is 0 Å². The Kier molecular flexibility index (Phi) is 9.06. The molecule has 2 aromatic carbocycles. The molecule has 1 N–H and O–H groups in total. The topological polar surface area (TPSA) is 119 Å². The number of halogens is 2. The fourth-order valence-electron chi connectivity index (χ4n) is 4.35. The van der Waals surface area contributed by atoms with Crippen molar-refractivity contribution in [3.8, 4) is 28.7 Å². The summed E-state index contributed by atoms with van der Waals surface area (Å²) in [7, 11) is 0. The van der Waals surface area contributed by atoms with Crippen LogP contribution in [0.1, 0.15) is 0 Å². The maximum atomic E-state index is 13.6. The summed E-state index contributed by atoms with van der Waals surface area (Å²) in [6, 6.07) is 13.3. The molecule has 0 aliphatic carbocycles. The van der Waals surface area contributed by atoms with E-state index >= 15 is 0 Å². The van der Waals surface area contributed by atoms with Crippen molar-refractivity contribution in [1.29, 1.82) is 0 Å². The van der Waals surface area contributed by atoms with Crippen LogP contribution in [0.3, 0.4) is 0 Å². The van der Waals surface area contributed by atoms with Crippen LogP contribution in [-0.2, 0) is 16.1 Å². The second-order valence-electron chi connectivity index (χ2n) is 9.20. The SMILES string of the molecule is O=C(Cn1nc(-c2ccc(F)cc2)nc1-c1ccc(F)cc1)N1CCN(c2cc(OCCOCCO)ncn2)CC1. The van der Waals surface area contributed by atoms with E-state index in [1.165, 1.54) is 35.3 Å². The van der Waals surface area contributed by atoms with E-state index in [4.69, 9.17) is 14.6 Å². The highest BCUT2D eigenvalue weighted by atomic mass is 19.1. The number of benzene rings is 2. The van der Waals surface area contributed by atoms with Crippen LogP contribution < -0.4 is 9.64 Å². The van der Waals surface area contributed by atoms with Crippen molar-refractivity contribution in [1.82, 2.24) is 29.6 Å². The largest absolute Gasteiger partial charge is 0.475 e. The van der Waals surface area contributed by atoms with Gasteiger partial charge in [0, 0.05) is 43.4 Å². The van der Waals surface area contributed by atoms with Gasteiger partial charge in [-0.2, -0.15) is 0 Å². The molecule has 5 rings (SSSR count). The lowest BCUT2D eigenvalue weighted by Gasteiger charge is -2.35. The zero-order valence-electron chi connectivity index (χ0n) is 22.2. The number of anilines is 1. The quantitative estimate of drug-likeness (QED) is 0.274. The molecule has 13 heteroatoms. The Morgan fingerprint density at radius 3 is 2.24 bits per heavy atom. The van der Waals surface area contributed by atoms with Gasteiger partial charge in [-0.05, 0) is 48.5 Å². The van der Waals surface area contributed by atoms with E-state index in [0.29, 0.717) is 73.9 Å². The van der Waals surface area contributed by atoms with Gasteiger partial charge in [-0.1, -0.05) is 0 Å². The monoisotopic (exact) mass is 565 g/mol. The summed E-state index contributed by atoms with van der Waals surface area (Å²) in [6.07, 6.45) is 1.43. The molecular weight excluding hydrogens is 536 g/mol. The van der Waals surface area contributed by atoms with Crippen molar-refractivity contribution in [2.24, 2.45) is 0 Å². The Labute approximate surface area is 235 Å². The van der Waals surface area contributed by atoms with Crippen LogP contribution in [0.2, 0.25) is 0 Å². The standard InChI is InChI=1S/C28H29F2N7O4/c29-22-5-1-20(2-6-22)27-33-28(21-3-7-23(30)8-4-21)37(34-27)18-26(39)36-11-9-35(10-12-36)24-17-25(32-19-31-24)41-16-15-40-14-13-38/h1-8,17,19,38H,9-16,18H2. The van der Waals surface area contributed by atoms with Crippen LogP contribution in [0.4, 0.5) is 14.6 Å². The van der Waals surface area contributed by atoms with Gasteiger partial charge in [-0.25, -0.2) is 28.4 Å². The molecular formula is C28H29F2N7O4. The number of ether oxygens (including phenoxy) is 2. The maximum Gasteiger partial charge on any atom is 0.244 e. The summed E-state index contributed by atoms with van der Waals surface area (Å²) in [6.45, 7) is 2.84. The van der Waals surface area contributed by atoms with E-state index in [1.54, 1.807) is 35.2 Å². The van der Waals surface area contributed by atoms with E-state index in [2.05, 4.69) is 20.1 Å². The van der Waals surface area contributed by atoms with Gasteiger partial charge in [0.2, 0.25) is 11.8 Å². The third kappa shape index (κ3) is 7.18. The normalized spacial score (nSPS) is 13.4. The van der Waals surface area contributed by atoms with Gasteiger partial charge in [0.25, 0.3) is 0 Å². The molecule has 0 spiro atoms. The highest BCUT2D eigenvalue weighted by molar-refractivity contribution is 5.77. The van der Waals surface area contributed by atoms with Crippen LogP contribution in [0.5, 0.6) is 5.88 Å². The van der Waals surface area contributed by atoms with Gasteiger partial charge in [-0.3, -0.25) is 4.79 Å². The highest BCUT2D eigenvalue weighted by Crippen LogP contribution is 2.24. The number of aliphatic hydroxyl groups is 1. The Bertz CT molecular complexity index is 1440. The summed E-state index contributed by atoms with van der Waals surface area (Å²) in [5.74, 6) is 0.945. The van der Waals surface area contributed by atoms with Crippen LogP contribution in [0.15, 0.2) is 60.9 Å². The Morgan fingerprint density at radius 2 is 1.56 bits per heavy atom. The predicted molar refractivity (Wildman–Crippen MR) is 145 cm³/mol. The molecule has 2 aromatic heterocycles. The number of hydrogen-bond acceptors (Lipinski definition) is 9. The van der Waals surface area contributed by atoms with Crippen molar-refractivity contribution in [2.75, 3.05) is 57.5 Å². The Hall–Kier alpha value is -4.49. The molecule has 0 unspecified atom stereocenters. The number of piperazine rings is 1. The number of aromatic nitrogens is 5. The van der Waals surface area contributed by atoms with Crippen molar-refractivity contribution in [3.63, 3.8) is 0 Å². The highest BCUT2D eigenvalue weighted by Gasteiger charge is 2.24. The summed E-state index contributed by atoms with van der Waals surface area (Å²) in [5, 5.41) is 13.3. The zero-order valence-corrected chi connectivity index (χ0v) is 22.2. The first-order valence-corrected chi connectivity index (χ1v) is 13.1. The summed E-state index contributed by atoms with van der Waals surface area (Å²) < 4.78 is 39.3. The molecule has 0 saturated carbocycles. The maximum absolute atomic E-state index is 13.6. The lowest BCUT2D eigenvalue weighted by Crippen LogP contribution is -2.50. The number of amides is 1. The molecule has 0 atom stereocenters. The minimum Gasteiger partial charge on any atom is -0.475 e. The fraction of sp³-hybridized carbons (Fsp3) is 0.321. The van der Waals surface area contributed by atoms with Crippen LogP contribution in [-0.4, -0.2) is 93.3 Å². The second kappa shape index (κ2) is 13.2. The number of carbonyl (C=O) groups excluding carboxylic acids is 1. The minimum absolute atomic E-state index is 0.0442. The van der Waals surface area contributed by atoms with Crippen LogP contribution in [0.25, 0.3) is 22.8 Å². The lowest BCUT2D eigenvalue weighted by atomic mass is 10.2. The smallest absolute Gasteiger partial charge is 0.244 e. The van der Waals surface area contributed by atoms with Crippen LogP contribution >= 0.6 is 0 Å². The molecule has 4 aromatic rings. The van der Waals surface area contributed by atoms with E-state index in [1.807, 2.05) is 4.90 Å². The van der Waals surface area contributed by atoms with Gasteiger partial charge in [-0.15, -0.1) is 5.10 Å². The average molecular weight is 566 g/mol. The zero-order chi connectivity index (χ0) is 28.6. The molecule has 41 heavy (non-hydrogen) atoms. The Balaban J connectivity index is 1.24. The van der Waals surface area contributed by atoms with E-state index in [0.717, 1.165) is 0 Å². The van der Waals surface area contributed by atoms with Gasteiger partial charge in [0.1, 0.15) is 36.9 Å². The number of rotatable bonds is 11. The third-order valence-electron chi connectivity index (χ3n) is 6.46. The first-order valence-electron chi connectivity index (χ1n) is 13.1. The molecule has 1 aliphatic rings. The number of aliphatic hydroxyl groups excluding tert-OH is 1. The molecule has 1 aliphatic heterocycles. The fourth-order valence-corrected chi connectivity index (χ4v) is 4.35. The summed E-state index contributed by atoms with van der Waals surface area (Å²) in [5.41, 5.74) is 1.20. The lowest BCUT2D eigenvalue weighted by molar-refractivity contribution is -0.132. The molecule has 3 heterocycles. The molecule has 1 fully saturated rings. The molecule has 0 bridgehead atoms. The molecule has 214 valence electrons. The minimum atomic E-state index is -0.387. The van der Waals surface area contributed by atoms with Crippen molar-refractivity contribution in [2.45, 2.75) is 6.54 Å². The Morgan fingerprint density at radius 1 is 0.878 bits per heavy atom. The average Bonchev–Trinajstić information content (AvgIpc) is 3.41. The molecule has 0 radical (unpaired) electrons. The van der Waals surface area contributed by atoms with Crippen molar-refractivity contribution >= 4 is 11.7 Å². The van der Waals surface area contributed by atoms with Crippen molar-refractivity contribution < 1.29 is 28.2 Å². The third-order valence-corrected chi connectivity index (χ3v) is 6.46. The van der Waals surface area contributed by atoms with Gasteiger partial charge in [0.15, 0.2) is 11.6 Å². The molecule has 1 amide bonds. The number of carbonyl (C=O) groups is 1. The van der Waals surface area contributed by atoms with Gasteiger partial charge in [0.05, 0.1) is 19.8 Å². The van der Waals surface area contributed by atoms with E-state index < -0.39 is 0 Å². The molecule has 1 saturated heterocycles. The second-order valence-corrected chi connectivity index (χ2v) is 9.20. The van der Waals surface area contributed by atoms with Crippen molar-refractivity contribution in [3.05, 3.63) is 72.6 Å². The summed E-state index contributed by atoms with van der Waals surface area (Å²) in [4.78, 5) is 30.2. The number of hydrogen-bond donors (Lipinski definition) is 1. The first kappa shape index (κ1) is 28.1.